The Labute approximate surface area is 383 Å². The Morgan fingerprint density at radius 1 is 0.468 bits per heavy atom. The molecule has 2 nitrogen and oxygen atoms in total. The van der Waals surface area contributed by atoms with E-state index in [1.165, 1.54) is 108 Å². The van der Waals surface area contributed by atoms with Crippen molar-refractivity contribution in [3.8, 4) is 0 Å². The maximum absolute atomic E-state index is 12.9. The summed E-state index contributed by atoms with van der Waals surface area (Å²) in [5.74, 6) is 9.88. The lowest BCUT2D eigenvalue weighted by Gasteiger charge is -2.72. The van der Waals surface area contributed by atoms with E-state index < -0.39 is 0 Å². The van der Waals surface area contributed by atoms with Crippen LogP contribution in [0.4, 0.5) is 0 Å². The van der Waals surface area contributed by atoms with Gasteiger partial charge in [-0.3, -0.25) is 9.59 Å². The van der Waals surface area contributed by atoms with Crippen LogP contribution >= 0.6 is 0 Å². The highest BCUT2D eigenvalue weighted by Crippen LogP contribution is 2.79. The van der Waals surface area contributed by atoms with Gasteiger partial charge in [-0.05, 0) is 231 Å². The van der Waals surface area contributed by atoms with Gasteiger partial charge in [0.05, 0.1) is 0 Å². The molecule has 10 saturated carbocycles. The highest BCUT2D eigenvalue weighted by Gasteiger charge is 2.72. The first-order chi connectivity index (χ1) is 28.6. The third kappa shape index (κ3) is 5.82. The van der Waals surface area contributed by atoms with Gasteiger partial charge in [0.25, 0.3) is 0 Å². The Kier molecular flexibility index (Phi) is 10.7. The molecule has 0 radical (unpaired) electrons. The molecule has 62 heavy (non-hydrogen) atoms. The van der Waals surface area contributed by atoms with Crippen molar-refractivity contribution in [1.29, 1.82) is 0 Å². The third-order valence-electron chi connectivity index (χ3n) is 26.7. The molecule has 0 heterocycles. The summed E-state index contributed by atoms with van der Waals surface area (Å²) >= 11 is 0. The molecule has 0 bridgehead atoms. The second-order valence-electron chi connectivity index (χ2n) is 29.4. The topological polar surface area (TPSA) is 34.1 Å². The first kappa shape index (κ1) is 46.2. The fourth-order valence-electron chi connectivity index (χ4n) is 22.8. The number of ketones is 2. The Bertz CT molecular complexity index is 1830. The molecule has 0 saturated heterocycles. The van der Waals surface area contributed by atoms with Gasteiger partial charge in [0.1, 0.15) is 11.6 Å². The lowest BCUT2D eigenvalue weighted by Crippen LogP contribution is -2.66. The van der Waals surface area contributed by atoms with Crippen LogP contribution in [0.2, 0.25) is 0 Å². The van der Waals surface area contributed by atoms with Crippen LogP contribution in [0.1, 0.15) is 232 Å². The number of Topliss-reactive ketones (excluding diaryl/α,β-unsaturated/α-hetero) is 2. The second kappa shape index (κ2) is 14.3. The lowest BCUT2D eigenvalue weighted by molar-refractivity contribution is -0.234. The zero-order valence-electron chi connectivity index (χ0n) is 43.5. The molecule has 0 aromatic carbocycles. The van der Waals surface area contributed by atoms with Crippen molar-refractivity contribution >= 4 is 11.6 Å². The highest BCUT2D eigenvalue weighted by atomic mass is 16.1. The summed E-state index contributed by atoms with van der Waals surface area (Å²) in [6, 6.07) is 0. The molecule has 2 heteroatoms. The van der Waals surface area contributed by atoms with Crippen molar-refractivity contribution in [3.05, 3.63) is 12.2 Å². The van der Waals surface area contributed by atoms with E-state index in [0.717, 1.165) is 78.9 Å². The van der Waals surface area contributed by atoms with Gasteiger partial charge in [0.15, 0.2) is 0 Å². The van der Waals surface area contributed by atoms with Crippen LogP contribution in [0.25, 0.3) is 0 Å². The van der Waals surface area contributed by atoms with E-state index >= 15 is 0 Å². The first-order valence-electron chi connectivity index (χ1n) is 27.3. The predicted octanol–water partition coefficient (Wildman–Crippen LogP) is 16.5. The third-order valence-corrected chi connectivity index (χ3v) is 26.7. The summed E-state index contributed by atoms with van der Waals surface area (Å²) in [7, 11) is 0. The molecule has 0 spiro atoms. The molecule has 4 unspecified atom stereocenters. The van der Waals surface area contributed by atoms with Crippen LogP contribution < -0.4 is 0 Å². The zero-order chi connectivity index (χ0) is 45.2. The molecular formula is C60H98O2. The number of hydrogen-bond acceptors (Lipinski definition) is 2. The number of rotatable bonds is 2. The molecule has 0 N–H and O–H groups in total. The van der Waals surface area contributed by atoms with E-state index in [1.807, 2.05) is 0 Å². The maximum atomic E-state index is 12.9. The standard InChI is InChI=1S/C30H50O.C30H48O/c2*1-19(2)20-11-14-27(5)17-18-29(7)21(25(20)27)9-10-23-28(6)15-13-24(31)26(3,4)22(28)12-16-30(23,29)8/h19-23,25H,9-18H2,1-8H3;20-23,25H,1,9-18H2,2-8H3/t2*20-,21+,22?,23+,25?,27+,28-,29+,30+/m00/s1. The van der Waals surface area contributed by atoms with E-state index in [2.05, 4.69) is 110 Å². The van der Waals surface area contributed by atoms with Gasteiger partial charge in [-0.15, -0.1) is 0 Å². The van der Waals surface area contributed by atoms with Crippen molar-refractivity contribution < 1.29 is 9.59 Å². The fraction of sp³-hybridized carbons (Fsp3) is 0.933. The van der Waals surface area contributed by atoms with Gasteiger partial charge in [0.2, 0.25) is 0 Å². The Morgan fingerprint density at radius 2 is 0.887 bits per heavy atom. The van der Waals surface area contributed by atoms with Crippen molar-refractivity contribution in [2.75, 3.05) is 0 Å². The molecule has 0 aromatic heterocycles. The number of hydrogen-bond donors (Lipinski definition) is 0. The Morgan fingerprint density at radius 3 is 1.32 bits per heavy atom. The van der Waals surface area contributed by atoms with Crippen molar-refractivity contribution in [3.63, 3.8) is 0 Å². The lowest BCUT2D eigenvalue weighted by atomic mass is 9.32. The van der Waals surface area contributed by atoms with Crippen molar-refractivity contribution in [2.45, 2.75) is 232 Å². The molecule has 0 aromatic rings. The summed E-state index contributed by atoms with van der Waals surface area (Å²) in [5.41, 5.74) is 4.82. The largest absolute Gasteiger partial charge is 0.299 e. The minimum Gasteiger partial charge on any atom is -0.299 e. The molecule has 10 rings (SSSR count). The van der Waals surface area contributed by atoms with Crippen LogP contribution in [-0.4, -0.2) is 11.6 Å². The van der Waals surface area contributed by atoms with Crippen LogP contribution in [-0.2, 0) is 9.59 Å². The number of fused-ring (bicyclic) bond motifs is 14. The predicted molar refractivity (Wildman–Crippen MR) is 259 cm³/mol. The van der Waals surface area contributed by atoms with Gasteiger partial charge >= 0.3 is 0 Å². The summed E-state index contributed by atoms with van der Waals surface area (Å²) < 4.78 is 0. The monoisotopic (exact) mass is 851 g/mol. The minimum atomic E-state index is -0.131. The number of carbonyl (C=O) groups excluding carboxylic acids is 2. The summed E-state index contributed by atoms with van der Waals surface area (Å²) in [5, 5.41) is 0. The van der Waals surface area contributed by atoms with E-state index in [1.54, 1.807) is 0 Å². The van der Waals surface area contributed by atoms with Crippen LogP contribution in [0.5, 0.6) is 0 Å². The number of allylic oxidation sites excluding steroid dienone is 1. The molecule has 0 aliphatic heterocycles. The van der Waals surface area contributed by atoms with E-state index in [4.69, 9.17) is 0 Å². The van der Waals surface area contributed by atoms with Crippen LogP contribution in [0.15, 0.2) is 12.2 Å². The molecular weight excluding hydrogens is 753 g/mol. The van der Waals surface area contributed by atoms with Gasteiger partial charge < -0.3 is 0 Å². The van der Waals surface area contributed by atoms with Crippen molar-refractivity contribution in [1.82, 2.24) is 0 Å². The smallest absolute Gasteiger partial charge is 0.138 e. The second-order valence-corrected chi connectivity index (χ2v) is 29.4. The summed E-state index contributed by atoms with van der Waals surface area (Å²) in [6.45, 7) is 42.3. The molecule has 10 fully saturated rings. The summed E-state index contributed by atoms with van der Waals surface area (Å²) in [6.07, 6.45) is 26.3. The van der Waals surface area contributed by atoms with Gasteiger partial charge in [-0.1, -0.05) is 109 Å². The van der Waals surface area contributed by atoms with Crippen molar-refractivity contribution in [2.24, 2.45) is 119 Å². The SMILES string of the molecule is C=C(C)[C@@H]1CC[C@]2(C)CC[C@]3(C)[C@H](CC[C@@H]4[C@@]5(C)CCC(=O)C(C)(C)C5CC[C@]43C)C12.CC(C)[C@@H]1CC[C@]2(C)CC[C@]3(C)[C@H](CC[C@@H]4[C@@]5(C)CCC(=O)C(C)(C)C5CC[C@]43C)C12. The first-order valence-corrected chi connectivity index (χ1v) is 27.3. The average Bonchev–Trinajstić information content (AvgIpc) is 3.74. The van der Waals surface area contributed by atoms with E-state index in [0.29, 0.717) is 66.7 Å². The van der Waals surface area contributed by atoms with Crippen LogP contribution in [0.3, 0.4) is 0 Å². The van der Waals surface area contributed by atoms with Crippen LogP contribution in [0, 0.1) is 119 Å². The minimum absolute atomic E-state index is 0.120. The number of carbonyl (C=O) groups is 2. The van der Waals surface area contributed by atoms with E-state index in [9.17, 15) is 9.59 Å². The Balaban J connectivity index is 0.000000158. The fourth-order valence-corrected chi connectivity index (χ4v) is 22.8. The Hall–Kier alpha value is -0.920. The van der Waals surface area contributed by atoms with Gasteiger partial charge in [-0.25, -0.2) is 0 Å². The summed E-state index contributed by atoms with van der Waals surface area (Å²) in [4.78, 5) is 25.8. The average molecular weight is 851 g/mol. The molecule has 0 amide bonds. The normalized spacial score (nSPS) is 55.7. The highest BCUT2D eigenvalue weighted by molar-refractivity contribution is 5.86. The molecule has 10 aliphatic carbocycles. The van der Waals surface area contributed by atoms with Gasteiger partial charge in [0, 0.05) is 23.7 Å². The molecule has 350 valence electrons. The molecule has 18 atom stereocenters. The molecule has 10 aliphatic rings. The maximum Gasteiger partial charge on any atom is 0.138 e. The zero-order valence-corrected chi connectivity index (χ0v) is 43.5. The quantitative estimate of drug-likeness (QED) is 0.259. The van der Waals surface area contributed by atoms with E-state index in [-0.39, 0.29) is 10.8 Å². The van der Waals surface area contributed by atoms with Gasteiger partial charge in [-0.2, -0.15) is 0 Å².